The first-order valence-corrected chi connectivity index (χ1v) is 7.09. The summed E-state index contributed by atoms with van der Waals surface area (Å²) in [5.41, 5.74) is 1.95. The molecule has 0 radical (unpaired) electrons. The molecule has 0 saturated carbocycles. The van der Waals surface area contributed by atoms with E-state index in [9.17, 15) is 0 Å². The van der Waals surface area contributed by atoms with Crippen LogP contribution in [-0.4, -0.2) is 16.6 Å². The lowest BCUT2D eigenvalue weighted by molar-refractivity contribution is 0.304. The van der Waals surface area contributed by atoms with Gasteiger partial charge in [-0.05, 0) is 25.0 Å². The normalized spacial score (nSPS) is 11.9. The molecule has 1 unspecified atom stereocenters. The number of ether oxygens (including phenoxy) is 1. The molecule has 4 nitrogen and oxygen atoms in total. The molecule has 0 aliphatic heterocycles. The summed E-state index contributed by atoms with van der Waals surface area (Å²) >= 11 is 6.17. The summed E-state index contributed by atoms with van der Waals surface area (Å²) in [5.74, 6) is 1.16. The number of hydrogen-bond acceptors (Lipinski definition) is 4. The summed E-state index contributed by atoms with van der Waals surface area (Å²) in [6, 6.07) is 7.88. The fourth-order valence-electron chi connectivity index (χ4n) is 1.78. The predicted molar refractivity (Wildman–Crippen MR) is 81.8 cm³/mol. The second-order valence-corrected chi connectivity index (χ2v) is 5.07. The van der Waals surface area contributed by atoms with E-state index in [1.165, 1.54) is 0 Å². The summed E-state index contributed by atoms with van der Waals surface area (Å²) in [6.45, 7) is 4.62. The molecule has 0 bridgehead atoms. The Kier molecular flexibility index (Phi) is 5.18. The quantitative estimate of drug-likeness (QED) is 0.806. The first kappa shape index (κ1) is 14.6. The van der Waals surface area contributed by atoms with Crippen molar-refractivity contribution < 1.29 is 4.74 Å². The van der Waals surface area contributed by atoms with E-state index in [1.807, 2.05) is 38.1 Å². The maximum atomic E-state index is 6.17. The van der Waals surface area contributed by atoms with E-state index in [-0.39, 0.29) is 5.38 Å². The predicted octanol–water partition coefficient (Wildman–Crippen LogP) is 4.31. The Balaban J connectivity index is 2.17. The van der Waals surface area contributed by atoms with Gasteiger partial charge in [-0.3, -0.25) is 4.98 Å². The fourth-order valence-corrected chi connectivity index (χ4v) is 1.97. The van der Waals surface area contributed by atoms with Crippen molar-refractivity contribution in [1.29, 1.82) is 0 Å². The van der Waals surface area contributed by atoms with Gasteiger partial charge in [0.2, 0.25) is 5.88 Å². The van der Waals surface area contributed by atoms with Crippen LogP contribution in [0, 0.1) is 0 Å². The van der Waals surface area contributed by atoms with Gasteiger partial charge in [-0.2, -0.15) is 4.98 Å². The molecular weight excluding hydrogens is 274 g/mol. The van der Waals surface area contributed by atoms with E-state index in [0.29, 0.717) is 18.3 Å². The van der Waals surface area contributed by atoms with Gasteiger partial charge in [0.25, 0.3) is 0 Å². The molecule has 5 heteroatoms. The molecule has 0 aliphatic carbocycles. The number of benzene rings is 1. The van der Waals surface area contributed by atoms with Crippen LogP contribution in [-0.2, 0) is 0 Å². The molecule has 1 N–H and O–H groups in total. The summed E-state index contributed by atoms with van der Waals surface area (Å²) < 4.78 is 5.47. The second kappa shape index (κ2) is 7.10. The molecule has 1 atom stereocenters. The van der Waals surface area contributed by atoms with Crippen molar-refractivity contribution in [2.75, 3.05) is 11.9 Å². The van der Waals surface area contributed by atoms with Crippen LogP contribution >= 0.6 is 11.6 Å². The van der Waals surface area contributed by atoms with Crippen molar-refractivity contribution >= 4 is 23.1 Å². The van der Waals surface area contributed by atoms with Gasteiger partial charge in [0, 0.05) is 5.69 Å². The van der Waals surface area contributed by atoms with Crippen molar-refractivity contribution in [1.82, 2.24) is 9.97 Å². The monoisotopic (exact) mass is 291 g/mol. The van der Waals surface area contributed by atoms with Gasteiger partial charge in [-0.15, -0.1) is 11.6 Å². The molecule has 20 heavy (non-hydrogen) atoms. The Morgan fingerprint density at radius 1 is 1.30 bits per heavy atom. The number of alkyl halides is 1. The molecule has 2 aromatic rings. The zero-order valence-corrected chi connectivity index (χ0v) is 12.4. The van der Waals surface area contributed by atoms with Crippen molar-refractivity contribution in [3.8, 4) is 5.88 Å². The highest BCUT2D eigenvalue weighted by molar-refractivity contribution is 6.21. The van der Waals surface area contributed by atoms with Crippen LogP contribution in [0.15, 0.2) is 36.7 Å². The summed E-state index contributed by atoms with van der Waals surface area (Å²) in [7, 11) is 0. The number of anilines is 2. The number of nitrogens with one attached hydrogen (secondary N) is 1. The lowest BCUT2D eigenvalue weighted by Gasteiger charge is -2.13. The van der Waals surface area contributed by atoms with Crippen LogP contribution in [0.3, 0.4) is 0 Å². The maximum Gasteiger partial charge on any atom is 0.234 e. The molecule has 106 valence electrons. The van der Waals surface area contributed by atoms with Gasteiger partial charge in [0.1, 0.15) is 0 Å². The third-order valence-corrected chi connectivity index (χ3v) is 2.95. The van der Waals surface area contributed by atoms with E-state index in [1.54, 1.807) is 12.4 Å². The number of rotatable bonds is 6. The highest BCUT2D eigenvalue weighted by Gasteiger charge is 2.08. The van der Waals surface area contributed by atoms with Gasteiger partial charge in [-0.25, -0.2) is 0 Å². The van der Waals surface area contributed by atoms with Crippen LogP contribution in [0.5, 0.6) is 5.88 Å². The molecule has 0 aliphatic rings. The number of halogens is 1. The molecule has 0 amide bonds. The SMILES string of the molecule is CCCOc1cncc(Nc2ccccc2C(C)Cl)n1. The molecule has 1 aromatic heterocycles. The first-order chi connectivity index (χ1) is 9.70. The van der Waals surface area contributed by atoms with Gasteiger partial charge < -0.3 is 10.1 Å². The zero-order chi connectivity index (χ0) is 14.4. The highest BCUT2D eigenvalue weighted by atomic mass is 35.5. The Labute approximate surface area is 124 Å². The van der Waals surface area contributed by atoms with Crippen LogP contribution in [0.25, 0.3) is 0 Å². The number of nitrogens with zero attached hydrogens (tertiary/aromatic N) is 2. The minimum Gasteiger partial charge on any atom is -0.477 e. The summed E-state index contributed by atoms with van der Waals surface area (Å²) in [4.78, 5) is 8.49. The molecule has 2 rings (SSSR count). The van der Waals surface area contributed by atoms with Gasteiger partial charge >= 0.3 is 0 Å². The van der Waals surface area contributed by atoms with Gasteiger partial charge in [0.15, 0.2) is 5.82 Å². The smallest absolute Gasteiger partial charge is 0.234 e. The molecule has 0 fully saturated rings. The molecule has 1 aromatic carbocycles. The van der Waals surface area contributed by atoms with Crippen molar-refractivity contribution in [2.24, 2.45) is 0 Å². The Hall–Kier alpha value is -1.81. The minimum atomic E-state index is -0.0776. The van der Waals surface area contributed by atoms with E-state index in [2.05, 4.69) is 15.3 Å². The van der Waals surface area contributed by atoms with Gasteiger partial charge in [-0.1, -0.05) is 25.1 Å². The fraction of sp³-hybridized carbons (Fsp3) is 0.333. The molecule has 0 saturated heterocycles. The Bertz CT molecular complexity index is 560. The van der Waals surface area contributed by atoms with E-state index >= 15 is 0 Å². The lowest BCUT2D eigenvalue weighted by Crippen LogP contribution is -2.02. The van der Waals surface area contributed by atoms with Crippen molar-refractivity contribution in [2.45, 2.75) is 25.6 Å². The third-order valence-electron chi connectivity index (χ3n) is 2.72. The first-order valence-electron chi connectivity index (χ1n) is 6.65. The van der Waals surface area contributed by atoms with E-state index in [4.69, 9.17) is 16.3 Å². The van der Waals surface area contributed by atoms with Crippen LogP contribution in [0.2, 0.25) is 0 Å². The largest absolute Gasteiger partial charge is 0.477 e. The molecular formula is C15H18ClN3O. The van der Waals surface area contributed by atoms with E-state index < -0.39 is 0 Å². The average Bonchev–Trinajstić information content (AvgIpc) is 2.46. The van der Waals surface area contributed by atoms with Crippen LogP contribution in [0.4, 0.5) is 11.5 Å². The minimum absolute atomic E-state index is 0.0776. The maximum absolute atomic E-state index is 6.17. The standard InChI is InChI=1S/C15H18ClN3O/c1-3-8-20-15-10-17-9-14(19-15)18-13-7-5-4-6-12(13)11(2)16/h4-7,9-11H,3,8H2,1-2H3,(H,18,19). The summed E-state index contributed by atoms with van der Waals surface area (Å²) in [5, 5.41) is 3.16. The lowest BCUT2D eigenvalue weighted by atomic mass is 10.1. The molecule has 1 heterocycles. The van der Waals surface area contributed by atoms with Gasteiger partial charge in [0.05, 0.1) is 24.4 Å². The number of aromatic nitrogens is 2. The number of para-hydroxylation sites is 1. The Morgan fingerprint density at radius 3 is 2.85 bits per heavy atom. The zero-order valence-electron chi connectivity index (χ0n) is 11.6. The van der Waals surface area contributed by atoms with Crippen LogP contribution < -0.4 is 10.1 Å². The summed E-state index contributed by atoms with van der Waals surface area (Å²) in [6.07, 6.45) is 4.21. The Morgan fingerprint density at radius 2 is 2.10 bits per heavy atom. The van der Waals surface area contributed by atoms with E-state index in [0.717, 1.165) is 17.7 Å². The third kappa shape index (κ3) is 3.84. The average molecular weight is 292 g/mol. The van der Waals surface area contributed by atoms with Crippen molar-refractivity contribution in [3.05, 3.63) is 42.2 Å². The van der Waals surface area contributed by atoms with Crippen molar-refractivity contribution in [3.63, 3.8) is 0 Å². The van der Waals surface area contributed by atoms with Crippen LogP contribution in [0.1, 0.15) is 31.2 Å². The number of hydrogen-bond donors (Lipinski definition) is 1. The molecule has 0 spiro atoms. The highest BCUT2D eigenvalue weighted by Crippen LogP contribution is 2.29. The topological polar surface area (TPSA) is 47.0 Å². The second-order valence-electron chi connectivity index (χ2n) is 4.42.